The second-order valence-electron chi connectivity index (χ2n) is 5.43. The number of aromatic nitrogens is 2. The lowest BCUT2D eigenvalue weighted by Gasteiger charge is -2.36. The van der Waals surface area contributed by atoms with Gasteiger partial charge in [0.1, 0.15) is 0 Å². The molecule has 1 aromatic rings. The summed E-state index contributed by atoms with van der Waals surface area (Å²) in [6.07, 6.45) is 4.48. The molecule has 102 valence electrons. The summed E-state index contributed by atoms with van der Waals surface area (Å²) in [6, 6.07) is 0.557. The van der Waals surface area contributed by atoms with E-state index < -0.39 is 5.60 Å². The van der Waals surface area contributed by atoms with E-state index in [2.05, 4.69) is 26.3 Å². The molecule has 5 heteroatoms. The van der Waals surface area contributed by atoms with Gasteiger partial charge < -0.3 is 10.4 Å². The van der Waals surface area contributed by atoms with Gasteiger partial charge in [-0.05, 0) is 55.6 Å². The molecule has 0 unspecified atom stereocenters. The van der Waals surface area contributed by atoms with Crippen molar-refractivity contribution in [2.45, 2.75) is 50.7 Å². The molecule has 0 aliphatic heterocycles. The van der Waals surface area contributed by atoms with Crippen molar-refractivity contribution in [2.24, 2.45) is 7.05 Å². The predicted molar refractivity (Wildman–Crippen MR) is 75.6 cm³/mol. The average Bonchev–Trinajstić information content (AvgIpc) is 2.57. The van der Waals surface area contributed by atoms with Gasteiger partial charge in [-0.3, -0.25) is 4.68 Å². The zero-order chi connectivity index (χ0) is 13.3. The number of nitrogens with zero attached hydrogens (tertiary/aromatic N) is 2. The standard InChI is InChI=1S/C13H22BrN3O/c1-9-12(14)11(17(3)16-9)8-13(18)6-4-10(15-2)5-7-13/h10,15,18H,4-8H2,1-3H3. The Labute approximate surface area is 117 Å². The first kappa shape index (κ1) is 14.0. The van der Waals surface area contributed by atoms with Gasteiger partial charge in [-0.25, -0.2) is 0 Å². The van der Waals surface area contributed by atoms with E-state index >= 15 is 0 Å². The highest BCUT2D eigenvalue weighted by Crippen LogP contribution is 2.33. The number of rotatable bonds is 3. The van der Waals surface area contributed by atoms with E-state index in [1.54, 1.807) is 0 Å². The summed E-state index contributed by atoms with van der Waals surface area (Å²) in [7, 11) is 3.94. The Bertz CT molecular complexity index is 422. The van der Waals surface area contributed by atoms with Crippen LogP contribution in [-0.2, 0) is 13.5 Å². The molecule has 0 radical (unpaired) electrons. The van der Waals surface area contributed by atoms with Crippen LogP contribution in [0.15, 0.2) is 4.47 Å². The SMILES string of the molecule is CNC1CCC(O)(Cc2c(Br)c(C)nn2C)CC1. The van der Waals surface area contributed by atoms with Crippen LogP contribution in [0.2, 0.25) is 0 Å². The molecule has 0 saturated heterocycles. The van der Waals surface area contributed by atoms with Crippen LogP contribution in [-0.4, -0.2) is 33.6 Å². The summed E-state index contributed by atoms with van der Waals surface area (Å²) in [6.45, 7) is 1.98. The molecule has 1 fully saturated rings. The molecule has 0 aromatic carbocycles. The summed E-state index contributed by atoms with van der Waals surface area (Å²) in [4.78, 5) is 0. The Hall–Kier alpha value is -0.390. The molecule has 18 heavy (non-hydrogen) atoms. The molecule has 4 nitrogen and oxygen atoms in total. The lowest BCUT2D eigenvalue weighted by Crippen LogP contribution is -2.42. The van der Waals surface area contributed by atoms with Crippen molar-refractivity contribution in [3.8, 4) is 0 Å². The number of aliphatic hydroxyl groups is 1. The minimum Gasteiger partial charge on any atom is -0.389 e. The van der Waals surface area contributed by atoms with Crippen molar-refractivity contribution in [1.29, 1.82) is 0 Å². The van der Waals surface area contributed by atoms with E-state index in [1.807, 2.05) is 25.7 Å². The van der Waals surface area contributed by atoms with Gasteiger partial charge in [0.15, 0.2) is 0 Å². The predicted octanol–water partition coefficient (Wildman–Crippen LogP) is 1.93. The van der Waals surface area contributed by atoms with Gasteiger partial charge in [0.25, 0.3) is 0 Å². The zero-order valence-corrected chi connectivity index (χ0v) is 12.9. The monoisotopic (exact) mass is 315 g/mol. The van der Waals surface area contributed by atoms with E-state index in [4.69, 9.17) is 0 Å². The zero-order valence-electron chi connectivity index (χ0n) is 11.3. The third-order valence-electron chi connectivity index (χ3n) is 4.08. The van der Waals surface area contributed by atoms with Crippen LogP contribution in [0, 0.1) is 6.92 Å². The average molecular weight is 316 g/mol. The molecule has 2 rings (SSSR count). The molecule has 1 saturated carbocycles. The fourth-order valence-electron chi connectivity index (χ4n) is 2.80. The second kappa shape index (κ2) is 5.31. The molecule has 1 heterocycles. The van der Waals surface area contributed by atoms with Gasteiger partial charge in [-0.1, -0.05) is 0 Å². The topological polar surface area (TPSA) is 50.1 Å². The van der Waals surface area contributed by atoms with Crippen LogP contribution >= 0.6 is 15.9 Å². The van der Waals surface area contributed by atoms with Crippen molar-refractivity contribution in [2.75, 3.05) is 7.05 Å². The van der Waals surface area contributed by atoms with E-state index in [1.165, 1.54) is 0 Å². The molecule has 1 aliphatic carbocycles. The van der Waals surface area contributed by atoms with Crippen LogP contribution in [0.1, 0.15) is 37.1 Å². The summed E-state index contributed by atoms with van der Waals surface area (Å²) in [5, 5.41) is 18.4. The van der Waals surface area contributed by atoms with Gasteiger partial charge in [0, 0.05) is 19.5 Å². The second-order valence-corrected chi connectivity index (χ2v) is 6.23. The van der Waals surface area contributed by atoms with Crippen molar-refractivity contribution in [3.05, 3.63) is 15.9 Å². The molecule has 0 atom stereocenters. The van der Waals surface area contributed by atoms with Crippen molar-refractivity contribution in [1.82, 2.24) is 15.1 Å². The van der Waals surface area contributed by atoms with Gasteiger partial charge >= 0.3 is 0 Å². The highest BCUT2D eigenvalue weighted by Gasteiger charge is 2.34. The normalized spacial score (nSPS) is 28.6. The third kappa shape index (κ3) is 2.78. The molecule has 0 amide bonds. The summed E-state index contributed by atoms with van der Waals surface area (Å²) < 4.78 is 2.91. The largest absolute Gasteiger partial charge is 0.389 e. The Kier molecular flexibility index (Phi) is 4.14. The molecule has 0 bridgehead atoms. The quantitative estimate of drug-likeness (QED) is 0.896. The van der Waals surface area contributed by atoms with Gasteiger partial charge in [-0.15, -0.1) is 0 Å². The Balaban J connectivity index is 2.09. The maximum Gasteiger partial charge on any atom is 0.0738 e. The molecule has 2 N–H and O–H groups in total. The Morgan fingerprint density at radius 1 is 1.50 bits per heavy atom. The number of aryl methyl sites for hydroxylation is 2. The number of halogens is 1. The van der Waals surface area contributed by atoms with Crippen LogP contribution in [0.4, 0.5) is 0 Å². The highest BCUT2D eigenvalue weighted by molar-refractivity contribution is 9.10. The van der Waals surface area contributed by atoms with Gasteiger partial charge in [-0.2, -0.15) is 5.10 Å². The van der Waals surface area contributed by atoms with Gasteiger partial charge in [0.2, 0.25) is 0 Å². The van der Waals surface area contributed by atoms with Crippen molar-refractivity contribution < 1.29 is 5.11 Å². The van der Waals surface area contributed by atoms with E-state index in [-0.39, 0.29) is 0 Å². The summed E-state index contributed by atoms with van der Waals surface area (Å²) >= 11 is 3.57. The maximum absolute atomic E-state index is 10.7. The summed E-state index contributed by atoms with van der Waals surface area (Å²) in [5.41, 5.74) is 1.51. The van der Waals surface area contributed by atoms with E-state index in [0.29, 0.717) is 12.5 Å². The number of hydrogen-bond donors (Lipinski definition) is 2. The lowest BCUT2D eigenvalue weighted by atomic mass is 9.79. The van der Waals surface area contributed by atoms with Crippen LogP contribution < -0.4 is 5.32 Å². The molecular weight excluding hydrogens is 294 g/mol. The fourth-order valence-corrected chi connectivity index (χ4v) is 3.28. The van der Waals surface area contributed by atoms with Crippen LogP contribution in [0.25, 0.3) is 0 Å². The number of nitrogens with one attached hydrogen (secondary N) is 1. The first-order valence-electron chi connectivity index (χ1n) is 6.53. The third-order valence-corrected chi connectivity index (χ3v) is 5.11. The molecule has 1 aromatic heterocycles. The molecule has 1 aliphatic rings. The smallest absolute Gasteiger partial charge is 0.0738 e. The first-order chi connectivity index (χ1) is 8.45. The summed E-state index contributed by atoms with van der Waals surface area (Å²) in [5.74, 6) is 0. The number of hydrogen-bond acceptors (Lipinski definition) is 3. The minimum absolute atomic E-state index is 0.557. The first-order valence-corrected chi connectivity index (χ1v) is 7.32. The van der Waals surface area contributed by atoms with E-state index in [0.717, 1.165) is 41.5 Å². The minimum atomic E-state index is -0.573. The fraction of sp³-hybridized carbons (Fsp3) is 0.769. The van der Waals surface area contributed by atoms with E-state index in [9.17, 15) is 5.11 Å². The van der Waals surface area contributed by atoms with Crippen molar-refractivity contribution in [3.63, 3.8) is 0 Å². The van der Waals surface area contributed by atoms with Gasteiger partial charge in [0.05, 0.1) is 21.5 Å². The van der Waals surface area contributed by atoms with Crippen LogP contribution in [0.3, 0.4) is 0 Å². The molecular formula is C13H22BrN3O. The maximum atomic E-state index is 10.7. The Morgan fingerprint density at radius 3 is 2.56 bits per heavy atom. The molecule has 0 spiro atoms. The highest BCUT2D eigenvalue weighted by atomic mass is 79.9. The Morgan fingerprint density at radius 2 is 2.11 bits per heavy atom. The van der Waals surface area contributed by atoms with Crippen molar-refractivity contribution >= 4 is 15.9 Å². The van der Waals surface area contributed by atoms with Crippen LogP contribution in [0.5, 0.6) is 0 Å². The lowest BCUT2D eigenvalue weighted by molar-refractivity contribution is -0.00404.